The molecule has 9 heteroatoms. The molecule has 0 aliphatic heterocycles. The molecule has 7 nitrogen and oxygen atoms in total. The minimum atomic E-state index is -3.63. The molecule has 2 atom stereocenters. The average Bonchev–Trinajstić information content (AvgIpc) is 2.95. The summed E-state index contributed by atoms with van der Waals surface area (Å²) in [6.45, 7) is 8.08. The molecule has 0 aromatic heterocycles. The van der Waals surface area contributed by atoms with Crippen LogP contribution >= 0.6 is 11.6 Å². The normalized spacial score (nSPS) is 12.8. The predicted octanol–water partition coefficient (Wildman–Crippen LogP) is 6.06. The molecule has 0 heterocycles. The number of carbonyl (C=O) groups excluding carboxylic acids is 2. The van der Waals surface area contributed by atoms with E-state index in [1.54, 1.807) is 30.0 Å². The van der Waals surface area contributed by atoms with Gasteiger partial charge in [0.05, 0.1) is 11.9 Å². The Labute approximate surface area is 255 Å². The summed E-state index contributed by atoms with van der Waals surface area (Å²) in [4.78, 5) is 29.3. The van der Waals surface area contributed by atoms with Crippen molar-refractivity contribution in [3.63, 3.8) is 0 Å². The van der Waals surface area contributed by atoms with Crippen LogP contribution in [0, 0.1) is 13.8 Å². The van der Waals surface area contributed by atoms with Crippen molar-refractivity contribution in [3.05, 3.63) is 100 Å². The number of aryl methyl sites for hydroxylation is 1. The SMILES string of the molecule is CC[C@H](C)NC(=O)[C@H](Cc1ccccc1)N(Cc1ccc(C)cc1)C(=O)CCCN(c1cccc(Cl)c1C)S(C)(=O)=O. The van der Waals surface area contributed by atoms with Gasteiger partial charge in [0.1, 0.15) is 6.04 Å². The van der Waals surface area contributed by atoms with E-state index in [0.29, 0.717) is 22.7 Å². The molecule has 0 aliphatic carbocycles. The van der Waals surface area contributed by atoms with Crippen molar-refractivity contribution in [2.24, 2.45) is 0 Å². The number of benzene rings is 3. The second-order valence-electron chi connectivity index (χ2n) is 10.9. The second-order valence-corrected chi connectivity index (χ2v) is 13.2. The summed E-state index contributed by atoms with van der Waals surface area (Å²) < 4.78 is 26.8. The minimum Gasteiger partial charge on any atom is -0.352 e. The zero-order chi connectivity index (χ0) is 30.9. The van der Waals surface area contributed by atoms with Gasteiger partial charge in [-0.1, -0.05) is 84.8 Å². The fourth-order valence-corrected chi connectivity index (χ4v) is 5.92. The lowest BCUT2D eigenvalue weighted by Crippen LogP contribution is -2.52. The molecule has 3 aromatic rings. The Morgan fingerprint density at radius 1 is 0.929 bits per heavy atom. The van der Waals surface area contributed by atoms with E-state index in [2.05, 4.69) is 5.32 Å². The summed E-state index contributed by atoms with van der Waals surface area (Å²) >= 11 is 6.28. The lowest BCUT2D eigenvalue weighted by molar-refractivity contribution is -0.141. The highest BCUT2D eigenvalue weighted by molar-refractivity contribution is 7.92. The van der Waals surface area contributed by atoms with Crippen LogP contribution in [0.25, 0.3) is 0 Å². The van der Waals surface area contributed by atoms with Crippen molar-refractivity contribution in [2.75, 3.05) is 17.1 Å². The number of carbonyl (C=O) groups is 2. The maximum Gasteiger partial charge on any atom is 0.243 e. The van der Waals surface area contributed by atoms with E-state index in [-0.39, 0.29) is 43.8 Å². The van der Waals surface area contributed by atoms with Crippen molar-refractivity contribution >= 4 is 39.1 Å². The Kier molecular flexibility index (Phi) is 12.0. The topological polar surface area (TPSA) is 86.8 Å². The van der Waals surface area contributed by atoms with Crippen molar-refractivity contribution < 1.29 is 18.0 Å². The fraction of sp³-hybridized carbons (Fsp3) is 0.394. The summed E-state index contributed by atoms with van der Waals surface area (Å²) in [5.74, 6) is -0.423. The first-order valence-corrected chi connectivity index (χ1v) is 16.6. The molecule has 3 aromatic carbocycles. The molecule has 3 rings (SSSR count). The number of sulfonamides is 1. The number of amides is 2. The molecule has 0 saturated carbocycles. The Bertz CT molecular complexity index is 1450. The molecule has 0 saturated heterocycles. The van der Waals surface area contributed by atoms with E-state index in [9.17, 15) is 18.0 Å². The Balaban J connectivity index is 1.90. The largest absolute Gasteiger partial charge is 0.352 e. The lowest BCUT2D eigenvalue weighted by atomic mass is 10.0. The standard InChI is InChI=1S/C33H42ClN3O4S/c1-6-25(3)35-33(39)31(22-27-12-8-7-9-13-27)36(23-28-19-17-24(2)18-20-28)32(38)16-11-21-37(42(5,40)41)30-15-10-14-29(34)26(30)4/h7-10,12-15,17-20,25,31H,6,11,16,21-23H2,1-5H3,(H,35,39)/t25-,31-/m0/s1. The van der Waals surface area contributed by atoms with Gasteiger partial charge in [-0.05, 0) is 62.4 Å². The monoisotopic (exact) mass is 611 g/mol. The van der Waals surface area contributed by atoms with Gasteiger partial charge in [-0.15, -0.1) is 0 Å². The first-order chi connectivity index (χ1) is 19.9. The Morgan fingerprint density at radius 2 is 1.60 bits per heavy atom. The number of hydrogen-bond acceptors (Lipinski definition) is 4. The number of hydrogen-bond donors (Lipinski definition) is 1. The van der Waals surface area contributed by atoms with Crippen LogP contribution in [-0.4, -0.2) is 50.0 Å². The number of nitrogens with zero attached hydrogens (tertiary/aromatic N) is 2. The van der Waals surface area contributed by atoms with Crippen LogP contribution in [0.15, 0.2) is 72.8 Å². The van der Waals surface area contributed by atoms with Gasteiger partial charge in [-0.25, -0.2) is 8.42 Å². The third-order valence-electron chi connectivity index (χ3n) is 7.41. The Morgan fingerprint density at radius 3 is 2.21 bits per heavy atom. The number of anilines is 1. The van der Waals surface area contributed by atoms with Crippen LogP contribution in [-0.2, 0) is 32.6 Å². The molecule has 1 N–H and O–H groups in total. The van der Waals surface area contributed by atoms with E-state index < -0.39 is 16.1 Å². The van der Waals surface area contributed by atoms with Crippen LogP contribution in [0.4, 0.5) is 5.69 Å². The van der Waals surface area contributed by atoms with Crippen molar-refractivity contribution in [1.82, 2.24) is 10.2 Å². The summed E-state index contributed by atoms with van der Waals surface area (Å²) in [6.07, 6.45) is 2.61. The van der Waals surface area contributed by atoms with Gasteiger partial charge >= 0.3 is 0 Å². The molecule has 0 bridgehead atoms. The van der Waals surface area contributed by atoms with Crippen LogP contribution in [0.2, 0.25) is 5.02 Å². The highest BCUT2D eigenvalue weighted by Gasteiger charge is 2.31. The summed E-state index contributed by atoms with van der Waals surface area (Å²) in [5, 5.41) is 3.54. The van der Waals surface area contributed by atoms with Crippen LogP contribution in [0.5, 0.6) is 0 Å². The summed E-state index contributed by atoms with van der Waals surface area (Å²) in [6, 6.07) is 21.9. The van der Waals surface area contributed by atoms with Crippen LogP contribution < -0.4 is 9.62 Å². The molecule has 0 radical (unpaired) electrons. The number of nitrogens with one attached hydrogen (secondary N) is 1. The molecule has 0 spiro atoms. The molecule has 226 valence electrons. The Hall–Kier alpha value is -3.36. The van der Waals surface area contributed by atoms with Crippen molar-refractivity contribution in [1.29, 1.82) is 0 Å². The van der Waals surface area contributed by atoms with E-state index >= 15 is 0 Å². The van der Waals surface area contributed by atoms with Crippen molar-refractivity contribution in [2.45, 2.75) is 72.0 Å². The van der Waals surface area contributed by atoms with E-state index in [1.807, 2.05) is 75.4 Å². The number of halogens is 1. The molecule has 0 aliphatic rings. The average molecular weight is 612 g/mol. The van der Waals surface area contributed by atoms with Gasteiger partial charge < -0.3 is 10.2 Å². The second kappa shape index (κ2) is 15.2. The fourth-order valence-electron chi connectivity index (χ4n) is 4.73. The lowest BCUT2D eigenvalue weighted by Gasteiger charge is -2.33. The summed E-state index contributed by atoms with van der Waals surface area (Å²) in [5.41, 5.74) is 4.11. The maximum absolute atomic E-state index is 14.0. The van der Waals surface area contributed by atoms with E-state index in [1.165, 1.54) is 4.31 Å². The molecule has 42 heavy (non-hydrogen) atoms. The smallest absolute Gasteiger partial charge is 0.243 e. The summed E-state index contributed by atoms with van der Waals surface area (Å²) in [7, 11) is -3.63. The molecule has 0 unspecified atom stereocenters. The molecular formula is C33H42ClN3O4S. The highest BCUT2D eigenvalue weighted by Crippen LogP contribution is 2.28. The zero-order valence-electron chi connectivity index (χ0n) is 25.1. The molecule has 2 amide bonds. The van der Waals surface area contributed by atoms with Crippen LogP contribution in [0.3, 0.4) is 0 Å². The minimum absolute atomic E-state index is 0.0450. The van der Waals surface area contributed by atoms with E-state index in [4.69, 9.17) is 11.6 Å². The number of rotatable bonds is 14. The maximum atomic E-state index is 14.0. The quantitative estimate of drug-likeness (QED) is 0.240. The molecule has 0 fully saturated rings. The van der Waals surface area contributed by atoms with Gasteiger partial charge in [-0.2, -0.15) is 0 Å². The molecular weight excluding hydrogens is 570 g/mol. The highest BCUT2D eigenvalue weighted by atomic mass is 35.5. The van der Waals surface area contributed by atoms with Gasteiger partial charge in [0, 0.05) is 37.0 Å². The van der Waals surface area contributed by atoms with Gasteiger partial charge in [-0.3, -0.25) is 13.9 Å². The third kappa shape index (κ3) is 9.33. The van der Waals surface area contributed by atoms with Gasteiger partial charge in [0.25, 0.3) is 0 Å². The van der Waals surface area contributed by atoms with Crippen molar-refractivity contribution in [3.8, 4) is 0 Å². The predicted molar refractivity (Wildman–Crippen MR) is 171 cm³/mol. The third-order valence-corrected chi connectivity index (χ3v) is 9.00. The van der Waals surface area contributed by atoms with E-state index in [0.717, 1.165) is 29.4 Å². The van der Waals surface area contributed by atoms with Crippen LogP contribution in [0.1, 0.15) is 55.4 Å². The first kappa shape index (κ1) is 33.1. The van der Waals surface area contributed by atoms with Gasteiger partial charge in [0.2, 0.25) is 21.8 Å². The van der Waals surface area contributed by atoms with Gasteiger partial charge in [0.15, 0.2) is 0 Å². The first-order valence-electron chi connectivity index (χ1n) is 14.3. The zero-order valence-corrected chi connectivity index (χ0v) is 26.7.